The molecule has 2 atom stereocenters. The summed E-state index contributed by atoms with van der Waals surface area (Å²) >= 11 is 0. The van der Waals surface area contributed by atoms with Gasteiger partial charge < -0.3 is 15.0 Å². The van der Waals surface area contributed by atoms with Gasteiger partial charge in [0.15, 0.2) is 0 Å². The van der Waals surface area contributed by atoms with Crippen LogP contribution in [0.15, 0.2) is 0 Å². The summed E-state index contributed by atoms with van der Waals surface area (Å²) in [6, 6.07) is 0. The van der Waals surface area contributed by atoms with Crippen LogP contribution in [0, 0.1) is 11.3 Å². The second-order valence-electron chi connectivity index (χ2n) is 6.23. The van der Waals surface area contributed by atoms with E-state index in [1.54, 1.807) is 4.90 Å². The molecule has 2 aliphatic rings. The molecule has 1 heterocycles. The zero-order valence-corrected chi connectivity index (χ0v) is 10.7. The predicted octanol–water partition coefficient (Wildman–Crippen LogP) is 1.46. The van der Waals surface area contributed by atoms with Crippen molar-refractivity contribution in [1.29, 1.82) is 0 Å². The number of hydrogen-bond donors (Lipinski definition) is 1. The van der Waals surface area contributed by atoms with Gasteiger partial charge >= 0.3 is 6.09 Å². The minimum atomic E-state index is -0.403. The summed E-state index contributed by atoms with van der Waals surface area (Å²) in [4.78, 5) is 13.5. The van der Waals surface area contributed by atoms with Crippen LogP contribution in [0.3, 0.4) is 0 Å². The molecule has 0 radical (unpaired) electrons. The first-order chi connectivity index (χ1) is 7.32. The van der Waals surface area contributed by atoms with Crippen molar-refractivity contribution >= 4 is 6.09 Å². The van der Waals surface area contributed by atoms with Crippen LogP contribution >= 0.6 is 0 Å². The largest absolute Gasteiger partial charge is 0.444 e. The smallest absolute Gasteiger partial charge is 0.410 e. The predicted molar refractivity (Wildman–Crippen MR) is 62.3 cm³/mol. The van der Waals surface area contributed by atoms with Crippen LogP contribution in [0.4, 0.5) is 4.79 Å². The van der Waals surface area contributed by atoms with Crippen molar-refractivity contribution in [3.63, 3.8) is 0 Å². The second kappa shape index (κ2) is 3.62. The summed E-state index contributed by atoms with van der Waals surface area (Å²) in [5.41, 5.74) is -0.0501. The molecule has 1 N–H and O–H groups in total. The Bertz CT molecular complexity index is 298. The lowest BCUT2D eigenvalue weighted by atomic mass is 10.1. The highest BCUT2D eigenvalue weighted by molar-refractivity contribution is 5.67. The standard InChI is InChI=1S/C12H22N2O2/c1-11(2,3)16-10(15)14(4)8-12-5-9(12)6-13-7-12/h9,13H,5-8H2,1-4H3/t9-,12+/m0/s1. The van der Waals surface area contributed by atoms with E-state index >= 15 is 0 Å². The van der Waals surface area contributed by atoms with E-state index in [2.05, 4.69) is 5.32 Å². The van der Waals surface area contributed by atoms with Crippen LogP contribution in [0.25, 0.3) is 0 Å². The maximum absolute atomic E-state index is 11.8. The topological polar surface area (TPSA) is 41.6 Å². The van der Waals surface area contributed by atoms with E-state index in [1.807, 2.05) is 27.8 Å². The third-order valence-electron chi connectivity index (χ3n) is 3.48. The molecule has 4 heteroatoms. The molecule has 0 aromatic heterocycles. The van der Waals surface area contributed by atoms with Crippen molar-refractivity contribution in [3.8, 4) is 0 Å². The summed E-state index contributed by atoms with van der Waals surface area (Å²) in [7, 11) is 1.83. The van der Waals surface area contributed by atoms with E-state index in [1.165, 1.54) is 6.42 Å². The average molecular weight is 226 g/mol. The van der Waals surface area contributed by atoms with Crippen molar-refractivity contribution in [3.05, 3.63) is 0 Å². The van der Waals surface area contributed by atoms with Gasteiger partial charge in [-0.15, -0.1) is 0 Å². The fourth-order valence-electron chi connectivity index (χ4n) is 2.56. The number of amides is 1. The molecule has 2 rings (SSSR count). The number of piperidine rings is 1. The number of fused-ring (bicyclic) bond motifs is 1. The molecule has 0 aromatic rings. The van der Waals surface area contributed by atoms with Crippen LogP contribution in [0.5, 0.6) is 0 Å². The van der Waals surface area contributed by atoms with Gasteiger partial charge in [-0.2, -0.15) is 0 Å². The fourth-order valence-corrected chi connectivity index (χ4v) is 2.56. The summed E-state index contributed by atoms with van der Waals surface area (Å²) in [5, 5.41) is 3.38. The Morgan fingerprint density at radius 1 is 1.56 bits per heavy atom. The molecule has 0 spiro atoms. The first kappa shape index (κ1) is 11.7. The molecule has 0 unspecified atom stereocenters. The summed E-state index contributed by atoms with van der Waals surface area (Å²) in [6.45, 7) is 8.67. The van der Waals surface area contributed by atoms with Gasteiger partial charge in [0, 0.05) is 25.6 Å². The maximum atomic E-state index is 11.8. The van der Waals surface area contributed by atoms with Gasteiger partial charge in [0.05, 0.1) is 0 Å². The van der Waals surface area contributed by atoms with Crippen LogP contribution in [-0.4, -0.2) is 43.3 Å². The Kier molecular flexibility index (Phi) is 2.65. The molecule has 16 heavy (non-hydrogen) atoms. The molecule has 1 aliphatic carbocycles. The quantitative estimate of drug-likeness (QED) is 0.775. The number of ether oxygens (including phenoxy) is 1. The minimum Gasteiger partial charge on any atom is -0.444 e. The molecule has 1 saturated carbocycles. The number of nitrogens with zero attached hydrogens (tertiary/aromatic N) is 1. The average Bonchev–Trinajstić information content (AvgIpc) is 2.65. The lowest BCUT2D eigenvalue weighted by Gasteiger charge is -2.27. The highest BCUT2D eigenvalue weighted by Gasteiger charge is 2.57. The van der Waals surface area contributed by atoms with E-state index in [-0.39, 0.29) is 6.09 Å². The van der Waals surface area contributed by atoms with E-state index in [0.29, 0.717) is 5.41 Å². The Morgan fingerprint density at radius 3 is 2.69 bits per heavy atom. The van der Waals surface area contributed by atoms with E-state index in [4.69, 9.17) is 4.74 Å². The monoisotopic (exact) mass is 226 g/mol. The van der Waals surface area contributed by atoms with Crippen LogP contribution in [0.2, 0.25) is 0 Å². The van der Waals surface area contributed by atoms with Gasteiger partial charge in [0.2, 0.25) is 0 Å². The van der Waals surface area contributed by atoms with Crippen LogP contribution in [0.1, 0.15) is 27.2 Å². The molecule has 0 aromatic carbocycles. The lowest BCUT2D eigenvalue weighted by molar-refractivity contribution is 0.0265. The molecule has 1 amide bonds. The summed E-state index contributed by atoms with van der Waals surface area (Å²) in [6.07, 6.45) is 1.05. The number of rotatable bonds is 2. The van der Waals surface area contributed by atoms with Crippen molar-refractivity contribution in [2.45, 2.75) is 32.8 Å². The van der Waals surface area contributed by atoms with Crippen molar-refractivity contribution < 1.29 is 9.53 Å². The van der Waals surface area contributed by atoms with Crippen LogP contribution in [-0.2, 0) is 4.74 Å². The normalized spacial score (nSPS) is 32.1. The number of nitrogens with one attached hydrogen (secondary N) is 1. The minimum absolute atomic E-state index is 0.209. The summed E-state index contributed by atoms with van der Waals surface area (Å²) in [5.74, 6) is 0.775. The first-order valence-corrected chi connectivity index (χ1v) is 5.97. The molecule has 1 aliphatic heterocycles. The zero-order chi connectivity index (χ0) is 12.0. The van der Waals surface area contributed by atoms with Crippen molar-refractivity contribution in [2.24, 2.45) is 11.3 Å². The number of carbonyl (C=O) groups is 1. The van der Waals surface area contributed by atoms with Crippen LogP contribution < -0.4 is 5.32 Å². The van der Waals surface area contributed by atoms with Crippen molar-refractivity contribution in [1.82, 2.24) is 10.2 Å². The Balaban J connectivity index is 1.84. The first-order valence-electron chi connectivity index (χ1n) is 5.97. The van der Waals surface area contributed by atoms with Gasteiger partial charge in [-0.1, -0.05) is 0 Å². The number of carbonyl (C=O) groups excluding carboxylic acids is 1. The fraction of sp³-hybridized carbons (Fsp3) is 0.917. The third kappa shape index (κ3) is 2.32. The van der Waals surface area contributed by atoms with Gasteiger partial charge in [-0.3, -0.25) is 0 Å². The van der Waals surface area contributed by atoms with Gasteiger partial charge in [0.1, 0.15) is 5.60 Å². The number of hydrogen-bond acceptors (Lipinski definition) is 3. The maximum Gasteiger partial charge on any atom is 0.410 e. The van der Waals surface area contributed by atoms with Gasteiger partial charge in [-0.25, -0.2) is 4.79 Å². The van der Waals surface area contributed by atoms with Gasteiger partial charge in [-0.05, 0) is 39.7 Å². The molecule has 4 nitrogen and oxygen atoms in total. The van der Waals surface area contributed by atoms with Crippen molar-refractivity contribution in [2.75, 3.05) is 26.7 Å². The third-order valence-corrected chi connectivity index (χ3v) is 3.48. The molecule has 1 saturated heterocycles. The SMILES string of the molecule is CN(C[C@@]12CNC[C@@H]1C2)C(=O)OC(C)(C)C. The summed E-state index contributed by atoms with van der Waals surface area (Å²) < 4.78 is 5.34. The Morgan fingerprint density at radius 2 is 2.25 bits per heavy atom. The molecular formula is C12H22N2O2. The Hall–Kier alpha value is -0.770. The highest BCUT2D eigenvalue weighted by Crippen LogP contribution is 2.55. The van der Waals surface area contributed by atoms with E-state index < -0.39 is 5.60 Å². The zero-order valence-electron chi connectivity index (χ0n) is 10.7. The second-order valence-corrected chi connectivity index (χ2v) is 6.23. The molecule has 92 valence electrons. The van der Waals surface area contributed by atoms with Gasteiger partial charge in [0.25, 0.3) is 0 Å². The molecule has 2 fully saturated rings. The van der Waals surface area contributed by atoms with E-state index in [9.17, 15) is 4.79 Å². The molecular weight excluding hydrogens is 204 g/mol. The molecule has 0 bridgehead atoms. The lowest BCUT2D eigenvalue weighted by Crippen LogP contribution is -2.38. The highest BCUT2D eigenvalue weighted by atomic mass is 16.6. The van der Waals surface area contributed by atoms with E-state index in [0.717, 1.165) is 25.6 Å². The Labute approximate surface area is 97.3 Å².